The third-order valence-electron chi connectivity index (χ3n) is 3.93. The van der Waals surface area contributed by atoms with Crippen LogP contribution in [0.4, 0.5) is 0 Å². The number of hydrogen-bond acceptors (Lipinski definition) is 1. The van der Waals surface area contributed by atoms with E-state index in [-0.39, 0.29) is 6.04 Å². The molecule has 1 atom stereocenters. The molecule has 0 fully saturated rings. The minimum atomic E-state index is 0.274. The Morgan fingerprint density at radius 3 is 2.29 bits per heavy atom. The van der Waals surface area contributed by atoms with E-state index in [4.69, 9.17) is 11.6 Å². The van der Waals surface area contributed by atoms with Gasteiger partial charge in [0, 0.05) is 14.6 Å². The van der Waals surface area contributed by atoms with Crippen LogP contribution in [0.15, 0.2) is 30.3 Å². The molecule has 2 aromatic rings. The number of hydrogen-bond donors (Lipinski definition) is 1. The summed E-state index contributed by atoms with van der Waals surface area (Å²) < 4.78 is 1.25. The summed E-state index contributed by atoms with van der Waals surface area (Å²) in [7, 11) is 2.01. The molecule has 0 radical (unpaired) electrons. The molecule has 2 aromatic carbocycles. The average Bonchev–Trinajstić information content (AvgIpc) is 2.41. The Balaban J connectivity index is 2.38. The Morgan fingerprint density at radius 1 is 1.10 bits per heavy atom. The fourth-order valence-electron chi connectivity index (χ4n) is 2.89. The molecule has 0 aliphatic carbocycles. The van der Waals surface area contributed by atoms with Gasteiger partial charge in [-0.05, 0) is 97.3 Å². The summed E-state index contributed by atoms with van der Waals surface area (Å²) in [5.74, 6) is 0. The van der Waals surface area contributed by atoms with E-state index in [9.17, 15) is 0 Å². The Kier molecular flexibility index (Phi) is 5.69. The third kappa shape index (κ3) is 3.99. The molecule has 2 rings (SSSR count). The van der Waals surface area contributed by atoms with Crippen LogP contribution in [0.3, 0.4) is 0 Å². The van der Waals surface area contributed by atoms with Crippen molar-refractivity contribution in [3.05, 3.63) is 66.7 Å². The van der Waals surface area contributed by atoms with Gasteiger partial charge in [-0.3, -0.25) is 0 Å². The van der Waals surface area contributed by atoms with Crippen molar-refractivity contribution < 1.29 is 0 Å². The fourth-order valence-corrected chi connectivity index (χ4v) is 3.78. The van der Waals surface area contributed by atoms with Crippen LogP contribution in [0, 0.1) is 24.3 Å². The fraction of sp³-hybridized carbons (Fsp3) is 0.333. The van der Waals surface area contributed by atoms with Crippen molar-refractivity contribution in [2.45, 2.75) is 33.2 Å². The van der Waals surface area contributed by atoms with E-state index >= 15 is 0 Å². The van der Waals surface area contributed by atoms with Crippen LogP contribution in [0.2, 0.25) is 5.02 Å². The molecule has 112 valence electrons. The van der Waals surface area contributed by atoms with Gasteiger partial charge in [-0.15, -0.1) is 0 Å². The summed E-state index contributed by atoms with van der Waals surface area (Å²) in [5.41, 5.74) is 6.75. The maximum atomic E-state index is 6.17. The zero-order valence-corrected chi connectivity index (χ0v) is 15.8. The highest BCUT2D eigenvalue weighted by molar-refractivity contribution is 14.1. The van der Waals surface area contributed by atoms with Gasteiger partial charge >= 0.3 is 0 Å². The van der Waals surface area contributed by atoms with E-state index in [0.29, 0.717) is 0 Å². The number of aryl methyl sites for hydroxylation is 3. The first-order valence-corrected chi connectivity index (χ1v) is 8.57. The number of benzene rings is 2. The molecule has 1 N–H and O–H groups in total. The van der Waals surface area contributed by atoms with Crippen molar-refractivity contribution in [3.63, 3.8) is 0 Å². The van der Waals surface area contributed by atoms with Crippen LogP contribution in [-0.4, -0.2) is 7.05 Å². The van der Waals surface area contributed by atoms with Crippen molar-refractivity contribution in [1.82, 2.24) is 5.32 Å². The molecule has 0 bridgehead atoms. The molecule has 0 aliphatic rings. The Labute approximate surface area is 146 Å². The van der Waals surface area contributed by atoms with Crippen molar-refractivity contribution in [3.8, 4) is 0 Å². The second-order valence-corrected chi connectivity index (χ2v) is 7.19. The minimum absolute atomic E-state index is 0.274. The summed E-state index contributed by atoms with van der Waals surface area (Å²) in [5, 5.41) is 4.23. The predicted octanol–water partition coefficient (Wildman–Crippen LogP) is 5.37. The van der Waals surface area contributed by atoms with E-state index < -0.39 is 0 Å². The van der Waals surface area contributed by atoms with Crippen LogP contribution in [0.5, 0.6) is 0 Å². The normalized spacial score (nSPS) is 12.5. The van der Waals surface area contributed by atoms with Crippen LogP contribution in [0.1, 0.15) is 33.9 Å². The van der Waals surface area contributed by atoms with Crippen LogP contribution < -0.4 is 5.32 Å². The quantitative estimate of drug-likeness (QED) is 0.664. The van der Waals surface area contributed by atoms with E-state index in [1.165, 1.54) is 31.4 Å². The van der Waals surface area contributed by atoms with Crippen LogP contribution in [-0.2, 0) is 6.42 Å². The molecular formula is C18H21ClIN. The molecule has 21 heavy (non-hydrogen) atoms. The SMILES string of the molecule is CNC(Cc1c(C)cc(C)cc1C)c1cc(Cl)ccc1I. The summed E-state index contributed by atoms with van der Waals surface area (Å²) in [6, 6.07) is 10.9. The van der Waals surface area contributed by atoms with Gasteiger partial charge in [-0.25, -0.2) is 0 Å². The highest BCUT2D eigenvalue weighted by Gasteiger charge is 2.16. The molecule has 0 spiro atoms. The lowest BCUT2D eigenvalue weighted by atomic mass is 9.92. The van der Waals surface area contributed by atoms with Crippen molar-refractivity contribution in [2.24, 2.45) is 0 Å². The molecular weight excluding hydrogens is 393 g/mol. The van der Waals surface area contributed by atoms with Gasteiger partial charge in [-0.2, -0.15) is 0 Å². The first-order chi connectivity index (χ1) is 9.92. The van der Waals surface area contributed by atoms with E-state index in [2.05, 4.69) is 72.9 Å². The molecule has 0 aromatic heterocycles. The summed E-state index contributed by atoms with van der Waals surface area (Å²) in [4.78, 5) is 0. The second kappa shape index (κ2) is 7.12. The number of nitrogens with one attached hydrogen (secondary N) is 1. The molecule has 0 aliphatic heterocycles. The van der Waals surface area contributed by atoms with E-state index in [1.54, 1.807) is 0 Å². The second-order valence-electron chi connectivity index (χ2n) is 5.59. The van der Waals surface area contributed by atoms with Crippen LogP contribution >= 0.6 is 34.2 Å². The predicted molar refractivity (Wildman–Crippen MR) is 100 cm³/mol. The van der Waals surface area contributed by atoms with Crippen molar-refractivity contribution in [1.29, 1.82) is 0 Å². The van der Waals surface area contributed by atoms with Gasteiger partial charge in [0.25, 0.3) is 0 Å². The largest absolute Gasteiger partial charge is 0.313 e. The lowest BCUT2D eigenvalue weighted by molar-refractivity contribution is 0.586. The Bertz CT molecular complexity index is 629. The van der Waals surface area contributed by atoms with Gasteiger partial charge in [0.2, 0.25) is 0 Å². The topological polar surface area (TPSA) is 12.0 Å². The summed E-state index contributed by atoms with van der Waals surface area (Å²) in [6.07, 6.45) is 0.977. The van der Waals surface area contributed by atoms with Gasteiger partial charge in [0.05, 0.1) is 0 Å². The lowest BCUT2D eigenvalue weighted by Gasteiger charge is -2.21. The monoisotopic (exact) mass is 413 g/mol. The van der Waals surface area contributed by atoms with E-state index in [1.807, 2.05) is 13.1 Å². The summed E-state index contributed by atoms with van der Waals surface area (Å²) >= 11 is 8.56. The standard InChI is InChI=1S/C18H21ClIN/c1-11-7-12(2)15(13(3)8-11)10-18(21-4)16-9-14(19)5-6-17(16)20/h5-9,18,21H,10H2,1-4H3. The summed E-state index contributed by atoms with van der Waals surface area (Å²) in [6.45, 7) is 6.55. The lowest BCUT2D eigenvalue weighted by Crippen LogP contribution is -2.21. The molecule has 0 heterocycles. The number of halogens is 2. The third-order valence-corrected chi connectivity index (χ3v) is 5.15. The molecule has 3 heteroatoms. The highest BCUT2D eigenvalue weighted by atomic mass is 127. The van der Waals surface area contributed by atoms with Crippen molar-refractivity contribution >= 4 is 34.2 Å². The molecule has 0 saturated heterocycles. The van der Waals surface area contributed by atoms with Gasteiger partial charge in [-0.1, -0.05) is 29.3 Å². The van der Waals surface area contributed by atoms with Gasteiger partial charge in [0.15, 0.2) is 0 Å². The van der Waals surface area contributed by atoms with Crippen molar-refractivity contribution in [2.75, 3.05) is 7.05 Å². The molecule has 1 unspecified atom stereocenters. The number of likely N-dealkylation sites (N-methyl/N-ethyl adjacent to an activating group) is 1. The Morgan fingerprint density at radius 2 is 1.71 bits per heavy atom. The first kappa shape index (κ1) is 16.8. The van der Waals surface area contributed by atoms with Gasteiger partial charge < -0.3 is 5.32 Å². The molecule has 1 nitrogen and oxygen atoms in total. The zero-order valence-electron chi connectivity index (χ0n) is 12.9. The zero-order chi connectivity index (χ0) is 15.6. The minimum Gasteiger partial charge on any atom is -0.313 e. The smallest absolute Gasteiger partial charge is 0.0410 e. The van der Waals surface area contributed by atoms with E-state index in [0.717, 1.165) is 11.4 Å². The highest BCUT2D eigenvalue weighted by Crippen LogP contribution is 2.28. The Hall–Kier alpha value is -0.580. The molecule has 0 amide bonds. The van der Waals surface area contributed by atoms with Crippen LogP contribution in [0.25, 0.3) is 0 Å². The molecule has 0 saturated carbocycles. The van der Waals surface area contributed by atoms with Gasteiger partial charge in [0.1, 0.15) is 0 Å². The first-order valence-electron chi connectivity index (χ1n) is 7.11. The number of rotatable bonds is 4. The average molecular weight is 414 g/mol. The maximum absolute atomic E-state index is 6.17. The maximum Gasteiger partial charge on any atom is 0.0410 e.